The Bertz CT molecular complexity index is 1430. The molecule has 0 aliphatic heterocycles. The number of pyridine rings is 2. The molecule has 2 N–H and O–H groups in total. The van der Waals surface area contributed by atoms with Crippen LogP contribution in [0.15, 0.2) is 72.8 Å². The van der Waals surface area contributed by atoms with E-state index in [1.54, 1.807) is 43.5 Å². The average Bonchev–Trinajstić information content (AvgIpc) is 2.93. The zero-order chi connectivity index (χ0) is 31.8. The third kappa shape index (κ3) is 13.4. The maximum absolute atomic E-state index is 10.5. The third-order valence-corrected chi connectivity index (χ3v) is 4.74. The molecular formula is C30H29MnN2O10. The second-order valence-electron chi connectivity index (χ2n) is 8.03. The molecule has 0 bridgehead atoms. The first kappa shape index (κ1) is 37.9. The molecule has 226 valence electrons. The molecule has 0 amide bonds. The van der Waals surface area contributed by atoms with Crippen LogP contribution in [0.1, 0.15) is 20.8 Å². The standard InChI is InChI=1S/C24H20N2O4.3C2H4O2.Mn/c1-29-15-12-13-22(27)17(14-15)19-8-5-10-21(26-19)20-9-4-7-18(25-20)16-6-3-11-23(30-2)24(16)28;3*1-2(3)4;/h3-14,27-28H,1-2H3;3*1H3,(H,3,4);/q;;;;+3/p-3. The molecule has 2 aromatic heterocycles. The number of phenolic OH excluding ortho intramolecular Hbond substituents is 2. The summed E-state index contributed by atoms with van der Waals surface area (Å²) in [5.41, 5.74) is 3.61. The molecule has 43 heavy (non-hydrogen) atoms. The van der Waals surface area contributed by atoms with Crippen molar-refractivity contribution in [1.82, 2.24) is 9.97 Å². The maximum atomic E-state index is 10.5. The Hall–Kier alpha value is -5.13. The Morgan fingerprint density at radius 3 is 1.49 bits per heavy atom. The first-order valence-corrected chi connectivity index (χ1v) is 12.0. The zero-order valence-electron chi connectivity index (χ0n) is 23.9. The first-order valence-electron chi connectivity index (χ1n) is 12.0. The van der Waals surface area contributed by atoms with Crippen molar-refractivity contribution >= 4 is 17.9 Å². The van der Waals surface area contributed by atoms with Crippen molar-refractivity contribution in [3.05, 3.63) is 72.8 Å². The van der Waals surface area contributed by atoms with Gasteiger partial charge in [-0.1, -0.05) is 18.2 Å². The van der Waals surface area contributed by atoms with Gasteiger partial charge in [0.15, 0.2) is 11.5 Å². The predicted octanol–water partition coefficient (Wildman–Crippen LogP) is 1.17. The number of aliphatic carboxylic acids is 3. The number of carbonyl (C=O) groups excluding carboxylic acids is 3. The first-order chi connectivity index (χ1) is 19.8. The second-order valence-corrected chi connectivity index (χ2v) is 8.03. The molecule has 2 heterocycles. The fraction of sp³-hybridized carbons (Fsp3) is 0.167. The molecule has 0 radical (unpaired) electrons. The number of hydrogen-bond donors (Lipinski definition) is 2. The number of carbonyl (C=O) groups is 3. The average molecular weight is 633 g/mol. The molecule has 0 saturated carbocycles. The number of benzene rings is 2. The largest absolute Gasteiger partial charge is 3.00 e. The number of aromatic nitrogens is 2. The SMILES string of the molecule is CC(=O)[O-].CC(=O)[O-].CC(=O)[O-].COc1ccc(O)c(-c2cccc(-c3cccc(-c4cccc(OC)c4O)n3)n2)c1.[Mn+3]. The van der Waals surface area contributed by atoms with E-state index in [2.05, 4.69) is 9.97 Å². The van der Waals surface area contributed by atoms with E-state index < -0.39 is 17.9 Å². The summed E-state index contributed by atoms with van der Waals surface area (Å²) in [6.07, 6.45) is 0. The van der Waals surface area contributed by atoms with E-state index in [0.29, 0.717) is 45.4 Å². The maximum Gasteiger partial charge on any atom is 3.00 e. The van der Waals surface area contributed by atoms with Gasteiger partial charge >= 0.3 is 17.1 Å². The van der Waals surface area contributed by atoms with E-state index in [-0.39, 0.29) is 28.6 Å². The quantitative estimate of drug-likeness (QED) is 0.298. The van der Waals surface area contributed by atoms with Crippen molar-refractivity contribution in [3.63, 3.8) is 0 Å². The number of carboxylic acid groups (broad SMARTS) is 3. The molecule has 0 atom stereocenters. The van der Waals surface area contributed by atoms with Gasteiger partial charge in [0.25, 0.3) is 0 Å². The van der Waals surface area contributed by atoms with Gasteiger partial charge in [0.05, 0.1) is 37.0 Å². The minimum Gasteiger partial charge on any atom is -0.550 e. The van der Waals surface area contributed by atoms with Gasteiger partial charge in [-0.25, -0.2) is 9.97 Å². The monoisotopic (exact) mass is 632 g/mol. The third-order valence-electron chi connectivity index (χ3n) is 4.74. The minimum atomic E-state index is -1.08. The van der Waals surface area contributed by atoms with Gasteiger partial charge in [0.2, 0.25) is 0 Å². The molecular weight excluding hydrogens is 603 g/mol. The van der Waals surface area contributed by atoms with Crippen molar-refractivity contribution in [2.75, 3.05) is 14.2 Å². The van der Waals surface area contributed by atoms with Gasteiger partial charge in [-0.3, -0.25) is 0 Å². The molecule has 0 spiro atoms. The normalized spacial score (nSPS) is 9.14. The zero-order valence-corrected chi connectivity index (χ0v) is 25.0. The Kier molecular flexibility index (Phi) is 16.8. The molecule has 4 rings (SSSR count). The Morgan fingerprint density at radius 2 is 1.05 bits per heavy atom. The minimum absolute atomic E-state index is 0. The van der Waals surface area contributed by atoms with Crippen LogP contribution < -0.4 is 24.8 Å². The number of rotatable bonds is 5. The Balaban J connectivity index is 0.00000116. The topological polar surface area (TPSA) is 205 Å². The van der Waals surface area contributed by atoms with Crippen LogP contribution >= 0.6 is 0 Å². The summed E-state index contributed by atoms with van der Waals surface area (Å²) in [5.74, 6) is -2.09. The van der Waals surface area contributed by atoms with Gasteiger partial charge in [0, 0.05) is 29.0 Å². The number of phenols is 2. The van der Waals surface area contributed by atoms with Crippen molar-refractivity contribution in [2.45, 2.75) is 20.8 Å². The molecule has 0 fully saturated rings. The molecule has 13 heteroatoms. The molecule has 0 aliphatic carbocycles. The summed E-state index contributed by atoms with van der Waals surface area (Å²) in [6, 6.07) is 21.3. The number of nitrogens with zero attached hydrogens (tertiary/aromatic N) is 2. The number of carboxylic acids is 3. The van der Waals surface area contributed by atoms with E-state index in [4.69, 9.17) is 39.2 Å². The van der Waals surface area contributed by atoms with E-state index in [0.717, 1.165) is 20.8 Å². The van der Waals surface area contributed by atoms with E-state index >= 15 is 0 Å². The van der Waals surface area contributed by atoms with E-state index in [9.17, 15) is 10.2 Å². The molecule has 0 aliphatic rings. The Morgan fingerprint density at radius 1 is 0.628 bits per heavy atom. The summed E-state index contributed by atoms with van der Waals surface area (Å²) < 4.78 is 10.4. The van der Waals surface area contributed by atoms with E-state index in [1.165, 1.54) is 7.11 Å². The second kappa shape index (κ2) is 19.1. The van der Waals surface area contributed by atoms with Crippen molar-refractivity contribution in [2.24, 2.45) is 0 Å². The number of aromatic hydroxyl groups is 2. The summed E-state index contributed by atoms with van der Waals surface area (Å²) in [5, 5.41) is 47.4. The smallest absolute Gasteiger partial charge is 0.550 e. The molecule has 4 aromatic rings. The fourth-order valence-corrected chi connectivity index (χ4v) is 3.20. The van der Waals surface area contributed by atoms with E-state index in [1.807, 2.05) is 36.4 Å². The molecule has 0 saturated heterocycles. The Labute approximate surface area is 258 Å². The van der Waals surface area contributed by atoms with Crippen LogP contribution in [-0.2, 0) is 31.5 Å². The van der Waals surface area contributed by atoms with Crippen LogP contribution in [0.5, 0.6) is 23.0 Å². The number of hydrogen-bond acceptors (Lipinski definition) is 12. The number of ether oxygens (including phenoxy) is 2. The number of para-hydroxylation sites is 1. The van der Waals surface area contributed by atoms with Gasteiger partial charge in [-0.05, 0) is 75.4 Å². The van der Waals surface area contributed by atoms with Crippen LogP contribution in [0.25, 0.3) is 33.9 Å². The van der Waals surface area contributed by atoms with Crippen LogP contribution in [0.4, 0.5) is 0 Å². The van der Waals surface area contributed by atoms with Crippen LogP contribution in [0.3, 0.4) is 0 Å². The van der Waals surface area contributed by atoms with Gasteiger partial charge < -0.3 is 49.4 Å². The molecule has 12 nitrogen and oxygen atoms in total. The van der Waals surface area contributed by atoms with Crippen LogP contribution in [0.2, 0.25) is 0 Å². The summed E-state index contributed by atoms with van der Waals surface area (Å²) >= 11 is 0. The van der Waals surface area contributed by atoms with Crippen LogP contribution in [-0.4, -0.2) is 52.3 Å². The van der Waals surface area contributed by atoms with Crippen molar-refractivity contribution in [3.8, 4) is 56.9 Å². The summed E-state index contributed by atoms with van der Waals surface area (Å²) in [6.45, 7) is 2.92. The molecule has 0 unspecified atom stereocenters. The van der Waals surface area contributed by atoms with Gasteiger partial charge in [-0.2, -0.15) is 0 Å². The fourth-order valence-electron chi connectivity index (χ4n) is 3.20. The van der Waals surface area contributed by atoms with Crippen LogP contribution in [0, 0.1) is 0 Å². The van der Waals surface area contributed by atoms with Crippen molar-refractivity contribution < 1.29 is 66.5 Å². The summed E-state index contributed by atoms with van der Waals surface area (Å²) in [7, 11) is 3.08. The predicted molar refractivity (Wildman–Crippen MR) is 147 cm³/mol. The summed E-state index contributed by atoms with van der Waals surface area (Å²) in [4.78, 5) is 36.0. The van der Waals surface area contributed by atoms with Crippen molar-refractivity contribution in [1.29, 1.82) is 0 Å². The number of methoxy groups -OCH3 is 2. The molecule has 2 aromatic carbocycles. The van der Waals surface area contributed by atoms with Gasteiger partial charge in [0.1, 0.15) is 11.5 Å². The van der Waals surface area contributed by atoms with Gasteiger partial charge in [-0.15, -0.1) is 0 Å².